The molecule has 1 aromatic carbocycles. The fourth-order valence-electron chi connectivity index (χ4n) is 1.68. The summed E-state index contributed by atoms with van der Waals surface area (Å²) >= 11 is 0. The highest BCUT2D eigenvalue weighted by molar-refractivity contribution is 5.78. The van der Waals surface area contributed by atoms with E-state index in [1.807, 2.05) is 18.2 Å². The molecule has 4 nitrogen and oxygen atoms in total. The minimum atomic E-state index is 0.795. The molecule has 0 unspecified atom stereocenters. The van der Waals surface area contributed by atoms with Crippen molar-refractivity contribution in [2.75, 3.05) is 12.0 Å². The first kappa shape index (κ1) is 6.91. The van der Waals surface area contributed by atoms with Crippen molar-refractivity contribution in [3.63, 3.8) is 0 Å². The number of nitrogens with one attached hydrogen (secondary N) is 2. The summed E-state index contributed by atoms with van der Waals surface area (Å²) in [5, 5.41) is 6.42. The summed E-state index contributed by atoms with van der Waals surface area (Å²) < 4.78 is 2.14. The Hall–Kier alpha value is -1.55. The molecule has 2 N–H and O–H groups in total. The minimum absolute atomic E-state index is 0.795. The van der Waals surface area contributed by atoms with Crippen LogP contribution in [0.5, 0.6) is 0 Å². The molecule has 1 aliphatic rings. The van der Waals surface area contributed by atoms with Crippen molar-refractivity contribution < 1.29 is 0 Å². The van der Waals surface area contributed by atoms with E-state index < -0.39 is 0 Å². The highest BCUT2D eigenvalue weighted by atomic mass is 15.3. The number of rotatable bonds is 0. The van der Waals surface area contributed by atoms with Crippen LogP contribution in [0.25, 0.3) is 11.0 Å². The van der Waals surface area contributed by atoms with E-state index in [9.17, 15) is 0 Å². The summed E-state index contributed by atoms with van der Waals surface area (Å²) in [4.78, 5) is 4.47. The van der Waals surface area contributed by atoms with Crippen LogP contribution in [0.4, 0.5) is 5.95 Å². The largest absolute Gasteiger partial charge is 0.343 e. The van der Waals surface area contributed by atoms with Crippen LogP contribution in [0.3, 0.4) is 0 Å². The summed E-state index contributed by atoms with van der Waals surface area (Å²) in [5.74, 6) is 0.958. The molecule has 66 valence electrons. The Bertz CT molecular complexity index is 446. The molecule has 0 atom stereocenters. The zero-order valence-electron chi connectivity index (χ0n) is 7.12. The highest BCUT2D eigenvalue weighted by Gasteiger charge is 2.11. The van der Waals surface area contributed by atoms with Gasteiger partial charge >= 0.3 is 0 Å². The molecule has 0 aliphatic carbocycles. The first-order valence-electron chi connectivity index (χ1n) is 4.35. The first-order chi connectivity index (χ1) is 6.45. The molecular weight excluding hydrogens is 164 g/mol. The lowest BCUT2D eigenvalue weighted by atomic mass is 10.3. The monoisotopic (exact) mass is 174 g/mol. The Kier molecular flexibility index (Phi) is 1.31. The number of fused-ring (bicyclic) bond motifs is 3. The molecule has 0 fully saturated rings. The van der Waals surface area contributed by atoms with Gasteiger partial charge in [0, 0.05) is 0 Å². The number of anilines is 1. The van der Waals surface area contributed by atoms with E-state index in [0.29, 0.717) is 0 Å². The van der Waals surface area contributed by atoms with Gasteiger partial charge in [0.2, 0.25) is 5.95 Å². The van der Waals surface area contributed by atoms with Crippen LogP contribution in [-0.2, 0) is 6.67 Å². The fourth-order valence-corrected chi connectivity index (χ4v) is 1.68. The first-order valence-corrected chi connectivity index (χ1v) is 4.35. The van der Waals surface area contributed by atoms with Gasteiger partial charge in [-0.25, -0.2) is 4.98 Å². The molecule has 2 aromatic rings. The molecule has 2 heterocycles. The van der Waals surface area contributed by atoms with Crippen LogP contribution in [0.2, 0.25) is 0 Å². The van der Waals surface area contributed by atoms with Crippen molar-refractivity contribution >= 4 is 17.0 Å². The average molecular weight is 174 g/mol. The molecule has 13 heavy (non-hydrogen) atoms. The third kappa shape index (κ3) is 0.922. The van der Waals surface area contributed by atoms with Gasteiger partial charge in [-0.3, -0.25) is 9.88 Å². The number of benzene rings is 1. The van der Waals surface area contributed by atoms with Crippen molar-refractivity contribution in [2.24, 2.45) is 0 Å². The maximum absolute atomic E-state index is 4.47. The van der Waals surface area contributed by atoms with Crippen LogP contribution in [-0.4, -0.2) is 16.2 Å². The molecular formula is C9H10N4. The number of hydrogen-bond donors (Lipinski definition) is 2. The minimum Gasteiger partial charge on any atom is -0.343 e. The van der Waals surface area contributed by atoms with Gasteiger partial charge < -0.3 is 5.32 Å². The topological polar surface area (TPSA) is 41.9 Å². The second-order valence-corrected chi connectivity index (χ2v) is 3.11. The zero-order valence-corrected chi connectivity index (χ0v) is 7.12. The van der Waals surface area contributed by atoms with Gasteiger partial charge in [-0.2, -0.15) is 0 Å². The smallest absolute Gasteiger partial charge is 0.206 e. The molecule has 3 rings (SSSR count). The lowest BCUT2D eigenvalue weighted by Gasteiger charge is -2.17. The third-order valence-electron chi connectivity index (χ3n) is 2.30. The molecule has 0 saturated heterocycles. The average Bonchev–Trinajstić information content (AvgIpc) is 2.56. The van der Waals surface area contributed by atoms with Crippen LogP contribution < -0.4 is 10.6 Å². The Morgan fingerprint density at radius 1 is 1.31 bits per heavy atom. The van der Waals surface area contributed by atoms with E-state index in [2.05, 4.69) is 26.3 Å². The van der Waals surface area contributed by atoms with E-state index in [-0.39, 0.29) is 0 Å². The van der Waals surface area contributed by atoms with E-state index >= 15 is 0 Å². The fraction of sp³-hybridized carbons (Fsp3) is 0.222. The standard InChI is InChI=1S/C9H10N4/c1-2-4-8-7(3-1)12-9-11-5-10-6-13(8)9/h1-4,10H,5-6H2,(H,11,12). The molecule has 0 radical (unpaired) electrons. The van der Waals surface area contributed by atoms with Gasteiger partial charge in [-0.1, -0.05) is 12.1 Å². The van der Waals surface area contributed by atoms with Crippen molar-refractivity contribution in [3.8, 4) is 0 Å². The summed E-state index contributed by atoms with van der Waals surface area (Å²) in [5.41, 5.74) is 2.23. The van der Waals surface area contributed by atoms with Crippen molar-refractivity contribution in [1.82, 2.24) is 14.9 Å². The Morgan fingerprint density at radius 2 is 2.23 bits per heavy atom. The quantitative estimate of drug-likeness (QED) is 0.625. The number of hydrogen-bond acceptors (Lipinski definition) is 3. The molecule has 1 aromatic heterocycles. The third-order valence-corrected chi connectivity index (χ3v) is 2.30. The maximum Gasteiger partial charge on any atom is 0.206 e. The van der Waals surface area contributed by atoms with Crippen LogP contribution >= 0.6 is 0 Å². The van der Waals surface area contributed by atoms with Crippen molar-refractivity contribution in [2.45, 2.75) is 6.67 Å². The van der Waals surface area contributed by atoms with Gasteiger partial charge in [0.1, 0.15) is 0 Å². The van der Waals surface area contributed by atoms with Gasteiger partial charge in [-0.05, 0) is 12.1 Å². The molecule has 0 spiro atoms. The molecule has 0 amide bonds. The maximum atomic E-state index is 4.47. The zero-order chi connectivity index (χ0) is 8.67. The lowest BCUT2D eigenvalue weighted by molar-refractivity contribution is 0.560. The van der Waals surface area contributed by atoms with Crippen LogP contribution in [0, 0.1) is 0 Å². The van der Waals surface area contributed by atoms with E-state index in [1.165, 1.54) is 5.52 Å². The van der Waals surface area contributed by atoms with E-state index in [0.717, 1.165) is 24.8 Å². The van der Waals surface area contributed by atoms with Gasteiger partial charge in [0.15, 0.2) is 0 Å². The van der Waals surface area contributed by atoms with Crippen LogP contribution in [0.1, 0.15) is 0 Å². The molecule has 0 bridgehead atoms. The van der Waals surface area contributed by atoms with E-state index in [1.54, 1.807) is 0 Å². The van der Waals surface area contributed by atoms with Crippen molar-refractivity contribution in [1.29, 1.82) is 0 Å². The highest BCUT2D eigenvalue weighted by Crippen LogP contribution is 2.19. The van der Waals surface area contributed by atoms with E-state index in [4.69, 9.17) is 0 Å². The normalized spacial score (nSPS) is 15.4. The second-order valence-electron chi connectivity index (χ2n) is 3.11. The summed E-state index contributed by atoms with van der Waals surface area (Å²) in [6.45, 7) is 1.63. The predicted octanol–water partition coefficient (Wildman–Crippen LogP) is 0.966. The van der Waals surface area contributed by atoms with Crippen molar-refractivity contribution in [3.05, 3.63) is 24.3 Å². The van der Waals surface area contributed by atoms with Crippen LogP contribution in [0.15, 0.2) is 24.3 Å². The summed E-state index contributed by atoms with van der Waals surface area (Å²) in [6, 6.07) is 8.16. The molecule has 4 heteroatoms. The number of aromatic nitrogens is 2. The Balaban J connectivity index is 2.34. The van der Waals surface area contributed by atoms with Gasteiger partial charge in [-0.15, -0.1) is 0 Å². The molecule has 0 saturated carbocycles. The summed E-state index contributed by atoms with van der Waals surface area (Å²) in [7, 11) is 0. The summed E-state index contributed by atoms with van der Waals surface area (Å²) in [6.07, 6.45) is 0. The van der Waals surface area contributed by atoms with Gasteiger partial charge in [0.25, 0.3) is 0 Å². The number of para-hydroxylation sites is 2. The number of nitrogens with zero attached hydrogens (tertiary/aromatic N) is 2. The predicted molar refractivity (Wildman–Crippen MR) is 51.4 cm³/mol. The lowest BCUT2D eigenvalue weighted by Crippen LogP contribution is -2.31. The Labute approximate surface area is 75.6 Å². The molecule has 1 aliphatic heterocycles. The number of imidazole rings is 1. The second kappa shape index (κ2) is 2.47. The SMILES string of the molecule is c1ccc2c(c1)nc1n2CNCN1. The Morgan fingerprint density at radius 3 is 3.23 bits per heavy atom. The van der Waals surface area contributed by atoms with Gasteiger partial charge in [0.05, 0.1) is 24.4 Å².